The van der Waals surface area contributed by atoms with Crippen LogP contribution in [0, 0.1) is 6.92 Å². The summed E-state index contributed by atoms with van der Waals surface area (Å²) in [6.45, 7) is 5.44. The summed E-state index contributed by atoms with van der Waals surface area (Å²) in [5.74, 6) is 0.650. The number of nitrogens with two attached hydrogens (primary N) is 1. The fraction of sp³-hybridized carbons (Fsp3) is 0.562. The summed E-state index contributed by atoms with van der Waals surface area (Å²) < 4.78 is 10.7. The minimum absolute atomic E-state index is 0.125. The topological polar surface area (TPSA) is 73.6 Å². The third kappa shape index (κ3) is 6.14. The van der Waals surface area contributed by atoms with Gasteiger partial charge in [-0.3, -0.25) is 4.79 Å². The Labute approximate surface area is 126 Å². The highest BCUT2D eigenvalue weighted by atomic mass is 16.5. The van der Waals surface area contributed by atoms with Crippen molar-refractivity contribution in [2.24, 2.45) is 5.73 Å². The predicted molar refractivity (Wildman–Crippen MR) is 83.3 cm³/mol. The molecule has 0 saturated heterocycles. The van der Waals surface area contributed by atoms with Gasteiger partial charge in [-0.05, 0) is 25.0 Å². The first kappa shape index (κ1) is 17.5. The number of amides is 1. The molecule has 1 aromatic rings. The Kier molecular flexibility index (Phi) is 7.79. The second kappa shape index (κ2) is 9.37. The molecule has 0 heterocycles. The van der Waals surface area contributed by atoms with Crippen LogP contribution in [-0.2, 0) is 16.1 Å². The number of aryl methyl sites for hydroxylation is 1. The van der Waals surface area contributed by atoms with Crippen LogP contribution in [-0.4, -0.2) is 32.3 Å². The molecule has 21 heavy (non-hydrogen) atoms. The fourth-order valence-electron chi connectivity index (χ4n) is 1.93. The number of carbonyl (C=O) groups excluding carboxylic acids is 1. The fourth-order valence-corrected chi connectivity index (χ4v) is 1.93. The Hall–Kier alpha value is -1.59. The zero-order valence-corrected chi connectivity index (χ0v) is 13.1. The first-order chi connectivity index (χ1) is 10.1. The van der Waals surface area contributed by atoms with Crippen molar-refractivity contribution < 1.29 is 14.3 Å². The minimum atomic E-state index is -0.446. The van der Waals surface area contributed by atoms with Gasteiger partial charge in [0.2, 0.25) is 5.91 Å². The lowest BCUT2D eigenvalue weighted by Crippen LogP contribution is -2.40. The average Bonchev–Trinajstić information content (AvgIpc) is 2.46. The van der Waals surface area contributed by atoms with E-state index in [9.17, 15) is 4.79 Å². The smallest absolute Gasteiger partial charge is 0.237 e. The maximum Gasteiger partial charge on any atom is 0.237 e. The van der Waals surface area contributed by atoms with E-state index in [0.29, 0.717) is 26.2 Å². The molecule has 0 spiro atoms. The van der Waals surface area contributed by atoms with Gasteiger partial charge in [-0.15, -0.1) is 0 Å². The summed E-state index contributed by atoms with van der Waals surface area (Å²) >= 11 is 0. The number of methoxy groups -OCH3 is 1. The van der Waals surface area contributed by atoms with Gasteiger partial charge in [0.25, 0.3) is 0 Å². The Morgan fingerprint density at radius 3 is 2.81 bits per heavy atom. The lowest BCUT2D eigenvalue weighted by molar-refractivity contribution is -0.122. The molecule has 1 atom stereocenters. The predicted octanol–water partition coefficient (Wildman–Crippen LogP) is 1.76. The summed E-state index contributed by atoms with van der Waals surface area (Å²) in [6.07, 6.45) is 1.58. The Morgan fingerprint density at radius 1 is 1.38 bits per heavy atom. The van der Waals surface area contributed by atoms with Crippen molar-refractivity contribution in [3.63, 3.8) is 0 Å². The number of benzene rings is 1. The highest BCUT2D eigenvalue weighted by Gasteiger charge is 2.13. The number of hydrogen-bond acceptors (Lipinski definition) is 4. The summed E-state index contributed by atoms with van der Waals surface area (Å²) in [5, 5.41) is 2.86. The van der Waals surface area contributed by atoms with Gasteiger partial charge in [0.05, 0.1) is 12.6 Å². The third-order valence-corrected chi connectivity index (χ3v) is 3.16. The van der Waals surface area contributed by atoms with E-state index >= 15 is 0 Å². The van der Waals surface area contributed by atoms with E-state index in [4.69, 9.17) is 15.2 Å². The van der Waals surface area contributed by atoms with Crippen LogP contribution in [0.3, 0.4) is 0 Å². The molecule has 0 fully saturated rings. The maximum atomic E-state index is 11.8. The zero-order valence-electron chi connectivity index (χ0n) is 13.1. The molecule has 1 amide bonds. The Bertz CT molecular complexity index is 449. The maximum absolute atomic E-state index is 11.8. The van der Waals surface area contributed by atoms with Crippen LogP contribution in [0.5, 0.6) is 5.75 Å². The van der Waals surface area contributed by atoms with Crippen molar-refractivity contribution in [2.75, 3.05) is 20.3 Å². The quantitative estimate of drug-likeness (QED) is 0.681. The number of nitrogens with one attached hydrogen (secondary N) is 1. The molecule has 0 saturated carbocycles. The third-order valence-electron chi connectivity index (χ3n) is 3.16. The molecule has 1 rings (SSSR count). The van der Waals surface area contributed by atoms with Gasteiger partial charge in [-0.1, -0.05) is 25.5 Å². The van der Waals surface area contributed by atoms with E-state index in [1.807, 2.05) is 32.0 Å². The number of carbonyl (C=O) groups is 1. The molecule has 1 aromatic carbocycles. The molecule has 0 aliphatic heterocycles. The summed E-state index contributed by atoms with van der Waals surface area (Å²) in [4.78, 5) is 11.8. The second-order valence-corrected chi connectivity index (χ2v) is 5.07. The normalized spacial score (nSPS) is 12.0. The highest BCUT2D eigenvalue weighted by Crippen LogP contribution is 2.20. The number of hydrogen-bond donors (Lipinski definition) is 2. The molecule has 5 nitrogen and oxygen atoms in total. The highest BCUT2D eigenvalue weighted by molar-refractivity contribution is 5.81. The van der Waals surface area contributed by atoms with Crippen LogP contribution in [0.1, 0.15) is 30.9 Å². The lowest BCUT2D eigenvalue weighted by atomic mass is 10.1. The van der Waals surface area contributed by atoms with Gasteiger partial charge in [0.1, 0.15) is 12.4 Å². The van der Waals surface area contributed by atoms with Gasteiger partial charge in [-0.25, -0.2) is 0 Å². The van der Waals surface area contributed by atoms with Gasteiger partial charge in [-0.2, -0.15) is 0 Å². The van der Waals surface area contributed by atoms with Crippen LogP contribution in [0.15, 0.2) is 18.2 Å². The molecule has 0 aliphatic carbocycles. The van der Waals surface area contributed by atoms with Crippen molar-refractivity contribution in [1.29, 1.82) is 0 Å². The van der Waals surface area contributed by atoms with Crippen LogP contribution in [0.2, 0.25) is 0 Å². The van der Waals surface area contributed by atoms with Crippen LogP contribution in [0.4, 0.5) is 0 Å². The van der Waals surface area contributed by atoms with Gasteiger partial charge in [0.15, 0.2) is 0 Å². The standard InChI is InChI=1S/C16H26N2O3/c1-4-5-14(17)16(19)18-11-13-7-6-12(2)10-15(13)21-9-8-20-3/h6-7,10,14H,4-5,8-9,11,17H2,1-3H3,(H,18,19). The van der Waals surface area contributed by atoms with Crippen molar-refractivity contribution in [1.82, 2.24) is 5.32 Å². The molecule has 5 heteroatoms. The van der Waals surface area contributed by atoms with E-state index < -0.39 is 6.04 Å². The Morgan fingerprint density at radius 2 is 2.14 bits per heavy atom. The van der Waals surface area contributed by atoms with Crippen molar-refractivity contribution >= 4 is 5.91 Å². The van der Waals surface area contributed by atoms with Crippen molar-refractivity contribution in [3.05, 3.63) is 29.3 Å². The first-order valence-electron chi connectivity index (χ1n) is 7.33. The van der Waals surface area contributed by atoms with Gasteiger partial charge >= 0.3 is 0 Å². The summed E-state index contributed by atoms with van der Waals surface area (Å²) in [7, 11) is 1.63. The monoisotopic (exact) mass is 294 g/mol. The Balaban J connectivity index is 2.62. The minimum Gasteiger partial charge on any atom is -0.491 e. The molecule has 0 aliphatic rings. The average molecular weight is 294 g/mol. The molecular weight excluding hydrogens is 268 g/mol. The van der Waals surface area contributed by atoms with Crippen molar-refractivity contribution in [2.45, 2.75) is 39.3 Å². The number of rotatable bonds is 9. The largest absolute Gasteiger partial charge is 0.491 e. The van der Waals surface area contributed by atoms with Crippen molar-refractivity contribution in [3.8, 4) is 5.75 Å². The van der Waals surface area contributed by atoms with E-state index in [-0.39, 0.29) is 5.91 Å². The summed E-state index contributed by atoms with van der Waals surface area (Å²) in [5.41, 5.74) is 7.84. The van der Waals surface area contributed by atoms with Crippen LogP contribution < -0.4 is 15.8 Å². The molecular formula is C16H26N2O3. The van der Waals surface area contributed by atoms with E-state index in [1.54, 1.807) is 7.11 Å². The van der Waals surface area contributed by atoms with Gasteiger partial charge < -0.3 is 20.5 Å². The van der Waals surface area contributed by atoms with E-state index in [2.05, 4.69) is 5.32 Å². The molecule has 3 N–H and O–H groups in total. The molecule has 118 valence electrons. The van der Waals surface area contributed by atoms with Gasteiger partial charge in [0, 0.05) is 19.2 Å². The van der Waals surface area contributed by atoms with E-state index in [0.717, 1.165) is 23.3 Å². The second-order valence-electron chi connectivity index (χ2n) is 5.07. The van der Waals surface area contributed by atoms with E-state index in [1.165, 1.54) is 0 Å². The number of ether oxygens (including phenoxy) is 2. The lowest BCUT2D eigenvalue weighted by Gasteiger charge is -2.15. The molecule has 1 unspecified atom stereocenters. The molecule has 0 bridgehead atoms. The van der Waals surface area contributed by atoms with Crippen LogP contribution >= 0.6 is 0 Å². The molecule has 0 radical (unpaired) electrons. The summed E-state index contributed by atoms with van der Waals surface area (Å²) in [6, 6.07) is 5.47. The first-order valence-corrected chi connectivity index (χ1v) is 7.33. The zero-order chi connectivity index (χ0) is 15.7. The SMILES string of the molecule is CCCC(N)C(=O)NCc1ccc(C)cc1OCCOC. The van der Waals surface area contributed by atoms with Crippen LogP contribution in [0.25, 0.3) is 0 Å². The molecule has 0 aromatic heterocycles.